The van der Waals surface area contributed by atoms with Crippen molar-refractivity contribution >= 4 is 5.69 Å². The second kappa shape index (κ2) is 7.84. The maximum atomic E-state index is 5.42. The van der Waals surface area contributed by atoms with Crippen molar-refractivity contribution in [2.75, 3.05) is 18.0 Å². The smallest absolute Gasteiger partial charge is 0.123 e. The molecule has 4 heteroatoms. The van der Waals surface area contributed by atoms with E-state index in [1.54, 1.807) is 6.26 Å². The van der Waals surface area contributed by atoms with Crippen molar-refractivity contribution < 1.29 is 4.42 Å². The summed E-state index contributed by atoms with van der Waals surface area (Å²) in [6.45, 7) is 9.17. The third kappa shape index (κ3) is 4.33. The molecule has 0 aromatic carbocycles. The van der Waals surface area contributed by atoms with Crippen LogP contribution in [-0.2, 0) is 6.54 Å². The Morgan fingerprint density at radius 3 is 2.71 bits per heavy atom. The summed E-state index contributed by atoms with van der Waals surface area (Å²) in [5.41, 5.74) is 2.21. The molecule has 0 spiro atoms. The van der Waals surface area contributed by atoms with Crippen molar-refractivity contribution in [1.82, 2.24) is 10.3 Å². The number of hydrogen-bond donors (Lipinski definition) is 1. The molecule has 2 heterocycles. The van der Waals surface area contributed by atoms with Gasteiger partial charge in [-0.25, -0.2) is 0 Å². The van der Waals surface area contributed by atoms with Crippen LogP contribution >= 0.6 is 0 Å². The Hall–Kier alpha value is -1.81. The lowest BCUT2D eigenvalue weighted by Gasteiger charge is -2.22. The Morgan fingerprint density at radius 2 is 2.14 bits per heavy atom. The molecule has 0 saturated heterocycles. The highest BCUT2D eigenvalue weighted by Crippen LogP contribution is 2.18. The molecule has 0 aliphatic heterocycles. The normalized spacial score (nSPS) is 12.3. The zero-order valence-electron chi connectivity index (χ0n) is 13.2. The third-order valence-corrected chi connectivity index (χ3v) is 3.59. The molecular formula is C17H25N3O. The maximum absolute atomic E-state index is 5.42. The van der Waals surface area contributed by atoms with Gasteiger partial charge in [0.1, 0.15) is 5.76 Å². The van der Waals surface area contributed by atoms with Crippen molar-refractivity contribution in [3.63, 3.8) is 0 Å². The van der Waals surface area contributed by atoms with E-state index in [0.717, 1.165) is 43.2 Å². The van der Waals surface area contributed by atoms with Crippen LogP contribution in [0.3, 0.4) is 0 Å². The van der Waals surface area contributed by atoms with E-state index in [2.05, 4.69) is 48.1 Å². The predicted molar refractivity (Wildman–Crippen MR) is 86.4 cm³/mol. The van der Waals surface area contributed by atoms with Crippen molar-refractivity contribution in [3.8, 4) is 0 Å². The van der Waals surface area contributed by atoms with Gasteiger partial charge in [0.05, 0.1) is 30.4 Å². The van der Waals surface area contributed by atoms with Crippen LogP contribution in [0.2, 0.25) is 0 Å². The molecule has 2 aromatic heterocycles. The quantitative estimate of drug-likeness (QED) is 0.802. The molecule has 1 unspecified atom stereocenters. The van der Waals surface area contributed by atoms with E-state index in [1.807, 2.05) is 18.3 Å². The van der Waals surface area contributed by atoms with E-state index in [4.69, 9.17) is 4.42 Å². The monoisotopic (exact) mass is 287 g/mol. The van der Waals surface area contributed by atoms with E-state index in [9.17, 15) is 0 Å². The van der Waals surface area contributed by atoms with Gasteiger partial charge in [0.15, 0.2) is 0 Å². The van der Waals surface area contributed by atoms with Gasteiger partial charge in [0.25, 0.3) is 0 Å². The SMILES string of the molecule is CCCNC(C)c1ccc(N(CC)Cc2ccco2)cn1. The number of anilines is 1. The summed E-state index contributed by atoms with van der Waals surface area (Å²) < 4.78 is 5.42. The number of hydrogen-bond acceptors (Lipinski definition) is 4. The van der Waals surface area contributed by atoms with Gasteiger partial charge in [0, 0.05) is 12.6 Å². The van der Waals surface area contributed by atoms with Crippen LogP contribution < -0.4 is 10.2 Å². The lowest BCUT2D eigenvalue weighted by atomic mass is 10.2. The van der Waals surface area contributed by atoms with Crippen LogP contribution in [-0.4, -0.2) is 18.1 Å². The first-order valence-electron chi connectivity index (χ1n) is 7.71. The van der Waals surface area contributed by atoms with Crippen LogP contribution in [0.5, 0.6) is 0 Å². The van der Waals surface area contributed by atoms with E-state index < -0.39 is 0 Å². The fourth-order valence-corrected chi connectivity index (χ4v) is 2.28. The van der Waals surface area contributed by atoms with Gasteiger partial charge in [-0.2, -0.15) is 0 Å². The van der Waals surface area contributed by atoms with Crippen molar-refractivity contribution in [1.29, 1.82) is 0 Å². The first kappa shape index (κ1) is 15.6. The molecule has 0 fully saturated rings. The molecule has 2 rings (SSSR count). The van der Waals surface area contributed by atoms with Crippen molar-refractivity contribution in [2.24, 2.45) is 0 Å². The van der Waals surface area contributed by atoms with Gasteiger partial charge in [-0.3, -0.25) is 4.98 Å². The second-order valence-corrected chi connectivity index (χ2v) is 5.21. The molecule has 114 valence electrons. The summed E-state index contributed by atoms with van der Waals surface area (Å²) in [6.07, 6.45) is 4.80. The Bertz CT molecular complexity index is 507. The molecule has 0 bridgehead atoms. The predicted octanol–water partition coefficient (Wildman–Crippen LogP) is 3.76. The fraction of sp³-hybridized carbons (Fsp3) is 0.471. The minimum absolute atomic E-state index is 0.291. The Balaban J connectivity index is 2.02. The van der Waals surface area contributed by atoms with Crippen LogP contribution in [0.4, 0.5) is 5.69 Å². The van der Waals surface area contributed by atoms with E-state index >= 15 is 0 Å². The summed E-state index contributed by atoms with van der Waals surface area (Å²) >= 11 is 0. The van der Waals surface area contributed by atoms with Crippen LogP contribution in [0, 0.1) is 0 Å². The molecule has 0 aliphatic carbocycles. The molecule has 0 radical (unpaired) electrons. The van der Waals surface area contributed by atoms with Gasteiger partial charge in [-0.05, 0) is 51.1 Å². The van der Waals surface area contributed by atoms with Crippen LogP contribution in [0.1, 0.15) is 44.7 Å². The van der Waals surface area contributed by atoms with Crippen LogP contribution in [0.15, 0.2) is 41.1 Å². The molecule has 4 nitrogen and oxygen atoms in total. The largest absolute Gasteiger partial charge is 0.467 e. The molecule has 21 heavy (non-hydrogen) atoms. The summed E-state index contributed by atoms with van der Waals surface area (Å²) in [6, 6.07) is 8.46. The summed E-state index contributed by atoms with van der Waals surface area (Å²) in [7, 11) is 0. The third-order valence-electron chi connectivity index (χ3n) is 3.59. The van der Waals surface area contributed by atoms with Crippen LogP contribution in [0.25, 0.3) is 0 Å². The number of furan rings is 1. The van der Waals surface area contributed by atoms with Gasteiger partial charge in [-0.15, -0.1) is 0 Å². The number of rotatable bonds is 8. The average Bonchev–Trinajstić information content (AvgIpc) is 3.03. The lowest BCUT2D eigenvalue weighted by Crippen LogP contribution is -2.23. The summed E-state index contributed by atoms with van der Waals surface area (Å²) in [5, 5.41) is 3.46. The topological polar surface area (TPSA) is 41.3 Å². The molecule has 0 saturated carbocycles. The summed E-state index contributed by atoms with van der Waals surface area (Å²) in [5.74, 6) is 0.971. The van der Waals surface area contributed by atoms with Crippen molar-refractivity contribution in [3.05, 3.63) is 48.2 Å². The van der Waals surface area contributed by atoms with E-state index in [0.29, 0.717) is 6.04 Å². The van der Waals surface area contributed by atoms with Crippen molar-refractivity contribution in [2.45, 2.75) is 39.8 Å². The molecule has 1 atom stereocenters. The minimum Gasteiger partial charge on any atom is -0.467 e. The van der Waals surface area contributed by atoms with Gasteiger partial charge in [0.2, 0.25) is 0 Å². The molecule has 0 aliphatic rings. The van der Waals surface area contributed by atoms with Gasteiger partial charge in [-0.1, -0.05) is 6.92 Å². The first-order chi connectivity index (χ1) is 10.2. The highest BCUT2D eigenvalue weighted by Gasteiger charge is 2.10. The van der Waals surface area contributed by atoms with E-state index in [1.165, 1.54) is 0 Å². The summed E-state index contributed by atoms with van der Waals surface area (Å²) in [4.78, 5) is 6.84. The first-order valence-corrected chi connectivity index (χ1v) is 7.71. The standard InChI is InChI=1S/C17H25N3O/c1-4-10-18-14(3)17-9-8-15(12-19-17)20(5-2)13-16-7-6-11-21-16/h6-9,11-12,14,18H,4-5,10,13H2,1-3H3. The lowest BCUT2D eigenvalue weighted by molar-refractivity contribution is 0.503. The maximum Gasteiger partial charge on any atom is 0.123 e. The Morgan fingerprint density at radius 1 is 1.29 bits per heavy atom. The molecule has 2 aromatic rings. The number of nitrogens with one attached hydrogen (secondary N) is 1. The second-order valence-electron chi connectivity index (χ2n) is 5.21. The molecule has 1 N–H and O–H groups in total. The minimum atomic E-state index is 0.291. The van der Waals surface area contributed by atoms with E-state index in [-0.39, 0.29) is 0 Å². The zero-order valence-corrected chi connectivity index (χ0v) is 13.2. The van der Waals surface area contributed by atoms with Gasteiger partial charge >= 0.3 is 0 Å². The number of pyridine rings is 1. The average molecular weight is 287 g/mol. The van der Waals surface area contributed by atoms with Gasteiger partial charge < -0.3 is 14.6 Å². The zero-order chi connectivity index (χ0) is 15.1. The number of nitrogens with zero attached hydrogens (tertiary/aromatic N) is 2. The highest BCUT2D eigenvalue weighted by atomic mass is 16.3. The Labute approximate surface area is 127 Å². The Kier molecular flexibility index (Phi) is 5.81. The fourth-order valence-electron chi connectivity index (χ4n) is 2.28. The number of aromatic nitrogens is 1. The molecular weight excluding hydrogens is 262 g/mol. The highest BCUT2D eigenvalue weighted by molar-refractivity contribution is 5.44. The molecule has 0 amide bonds.